The van der Waals surface area contributed by atoms with Gasteiger partial charge in [0.2, 0.25) is 0 Å². The first-order valence-electron chi connectivity index (χ1n) is 7.49. The van der Waals surface area contributed by atoms with Crippen molar-refractivity contribution in [3.8, 4) is 0 Å². The lowest BCUT2D eigenvalue weighted by Crippen LogP contribution is -2.41. The number of hydrogen-bond acceptors (Lipinski definition) is 2. The van der Waals surface area contributed by atoms with Crippen LogP contribution in [0.4, 0.5) is 10.5 Å². The summed E-state index contributed by atoms with van der Waals surface area (Å²) in [6.45, 7) is 2.64. The fourth-order valence-electron chi connectivity index (χ4n) is 2.85. The minimum absolute atomic E-state index is 0.00710. The fraction of sp³-hybridized carbons (Fsp3) is 0.375. The molecule has 1 aliphatic rings. The number of rotatable bonds is 2. The molecule has 0 unspecified atom stereocenters. The normalized spacial score (nSPS) is 18.3. The summed E-state index contributed by atoms with van der Waals surface area (Å²) < 4.78 is 0. The number of aromatic nitrogens is 2. The Morgan fingerprint density at radius 3 is 3.09 bits per heavy atom. The molecule has 2 heterocycles. The minimum atomic E-state index is -0.131. The quantitative estimate of drug-likeness (QED) is 0.874. The number of piperidine rings is 1. The maximum Gasteiger partial charge on any atom is 0.322 e. The number of likely N-dealkylation sites (tertiary alicyclic amines) is 1. The van der Waals surface area contributed by atoms with Gasteiger partial charge < -0.3 is 15.2 Å². The standard InChI is InChI=1S/C16H19ClN4O/c1-11-5-4-6-12(14(11)17)20-16(22)21-10-3-2-7-13(21)15-18-8-9-19-15/h4-6,8-9,13H,2-3,7,10H2,1H3,(H,18,19)(H,20,22)/t13-/m0/s1. The van der Waals surface area contributed by atoms with Crippen LogP contribution in [0.5, 0.6) is 0 Å². The maximum absolute atomic E-state index is 12.7. The molecule has 0 bridgehead atoms. The zero-order chi connectivity index (χ0) is 15.5. The van der Waals surface area contributed by atoms with Crippen LogP contribution >= 0.6 is 11.6 Å². The third kappa shape index (κ3) is 2.95. The van der Waals surface area contributed by atoms with E-state index in [1.165, 1.54) is 0 Å². The molecule has 1 aromatic carbocycles. The number of carbonyl (C=O) groups excluding carboxylic acids is 1. The summed E-state index contributed by atoms with van der Waals surface area (Å²) in [4.78, 5) is 21.9. The van der Waals surface area contributed by atoms with Crippen LogP contribution in [0.2, 0.25) is 5.02 Å². The van der Waals surface area contributed by atoms with Crippen molar-refractivity contribution in [1.29, 1.82) is 0 Å². The SMILES string of the molecule is Cc1cccc(NC(=O)N2CCCC[C@H]2c2ncc[nH]2)c1Cl. The average Bonchev–Trinajstić information content (AvgIpc) is 3.06. The van der Waals surface area contributed by atoms with Crippen LogP contribution in [0.1, 0.15) is 36.7 Å². The molecule has 1 aliphatic heterocycles. The molecule has 2 aromatic rings. The third-order valence-electron chi connectivity index (χ3n) is 4.03. The molecule has 1 aromatic heterocycles. The molecule has 0 radical (unpaired) electrons. The number of urea groups is 1. The Kier molecular flexibility index (Phi) is 4.34. The molecule has 5 nitrogen and oxygen atoms in total. The van der Waals surface area contributed by atoms with Crippen LogP contribution in [-0.2, 0) is 0 Å². The van der Waals surface area contributed by atoms with Crippen molar-refractivity contribution in [3.63, 3.8) is 0 Å². The number of carbonyl (C=O) groups is 1. The van der Waals surface area contributed by atoms with Gasteiger partial charge in [0, 0.05) is 18.9 Å². The van der Waals surface area contributed by atoms with E-state index in [0.717, 1.165) is 37.2 Å². The van der Waals surface area contributed by atoms with E-state index < -0.39 is 0 Å². The van der Waals surface area contributed by atoms with Crippen molar-refractivity contribution >= 4 is 23.3 Å². The molecular weight excluding hydrogens is 300 g/mol. The Bertz CT molecular complexity index is 656. The largest absolute Gasteiger partial charge is 0.347 e. The minimum Gasteiger partial charge on any atom is -0.347 e. The highest BCUT2D eigenvalue weighted by Crippen LogP contribution is 2.31. The highest BCUT2D eigenvalue weighted by Gasteiger charge is 2.29. The van der Waals surface area contributed by atoms with Crippen molar-refractivity contribution in [2.45, 2.75) is 32.2 Å². The molecule has 2 N–H and O–H groups in total. The first-order chi connectivity index (χ1) is 10.7. The number of imidazole rings is 1. The number of nitrogens with one attached hydrogen (secondary N) is 2. The number of benzene rings is 1. The molecule has 22 heavy (non-hydrogen) atoms. The number of aromatic amines is 1. The first-order valence-corrected chi connectivity index (χ1v) is 7.86. The van der Waals surface area contributed by atoms with Crippen LogP contribution in [0.15, 0.2) is 30.6 Å². The summed E-state index contributed by atoms with van der Waals surface area (Å²) in [6, 6.07) is 5.49. The van der Waals surface area contributed by atoms with E-state index >= 15 is 0 Å². The van der Waals surface area contributed by atoms with Crippen LogP contribution in [0, 0.1) is 6.92 Å². The highest BCUT2D eigenvalue weighted by atomic mass is 35.5. The van der Waals surface area contributed by atoms with Gasteiger partial charge in [-0.1, -0.05) is 23.7 Å². The third-order valence-corrected chi connectivity index (χ3v) is 4.53. The summed E-state index contributed by atoms with van der Waals surface area (Å²) in [7, 11) is 0. The van der Waals surface area contributed by atoms with E-state index in [4.69, 9.17) is 11.6 Å². The van der Waals surface area contributed by atoms with Crippen molar-refractivity contribution in [3.05, 3.63) is 47.0 Å². The van der Waals surface area contributed by atoms with Crippen molar-refractivity contribution in [1.82, 2.24) is 14.9 Å². The molecule has 0 saturated carbocycles. The number of H-pyrrole nitrogens is 1. The number of amides is 2. The smallest absolute Gasteiger partial charge is 0.322 e. The number of nitrogens with zero attached hydrogens (tertiary/aromatic N) is 2. The van der Waals surface area contributed by atoms with Crippen LogP contribution in [0.25, 0.3) is 0 Å². The zero-order valence-electron chi connectivity index (χ0n) is 12.5. The number of anilines is 1. The highest BCUT2D eigenvalue weighted by molar-refractivity contribution is 6.34. The van der Waals surface area contributed by atoms with Crippen molar-refractivity contribution < 1.29 is 4.79 Å². The summed E-state index contributed by atoms with van der Waals surface area (Å²) in [5.74, 6) is 0.838. The molecule has 3 rings (SSSR count). The van der Waals surface area contributed by atoms with Crippen LogP contribution in [0.3, 0.4) is 0 Å². The second-order valence-electron chi connectivity index (χ2n) is 5.55. The van der Waals surface area contributed by atoms with Gasteiger partial charge in [-0.15, -0.1) is 0 Å². The Labute approximate surface area is 134 Å². The van der Waals surface area contributed by atoms with E-state index in [1.807, 2.05) is 30.0 Å². The predicted octanol–water partition coefficient (Wildman–Crippen LogP) is 4.13. The Morgan fingerprint density at radius 1 is 1.45 bits per heavy atom. The van der Waals surface area contributed by atoms with E-state index in [1.54, 1.807) is 12.4 Å². The molecule has 6 heteroatoms. The molecule has 116 valence electrons. The van der Waals surface area contributed by atoms with Crippen molar-refractivity contribution in [2.75, 3.05) is 11.9 Å². The van der Waals surface area contributed by atoms with Gasteiger partial charge in [0.1, 0.15) is 5.82 Å². The first kappa shape index (κ1) is 14.9. The molecular formula is C16H19ClN4O. The van der Waals surface area contributed by atoms with Gasteiger partial charge in [0.05, 0.1) is 16.8 Å². The van der Waals surface area contributed by atoms with Gasteiger partial charge in [-0.2, -0.15) is 0 Å². The van der Waals surface area contributed by atoms with E-state index in [0.29, 0.717) is 10.7 Å². The molecule has 0 spiro atoms. The summed E-state index contributed by atoms with van der Waals surface area (Å²) >= 11 is 6.26. The monoisotopic (exact) mass is 318 g/mol. The summed E-state index contributed by atoms with van der Waals surface area (Å²) in [5.41, 5.74) is 1.59. The number of aryl methyl sites for hydroxylation is 1. The second kappa shape index (κ2) is 6.40. The molecule has 1 fully saturated rings. The zero-order valence-corrected chi connectivity index (χ0v) is 13.2. The van der Waals surface area contributed by atoms with E-state index in [2.05, 4.69) is 15.3 Å². The van der Waals surface area contributed by atoms with Gasteiger partial charge >= 0.3 is 6.03 Å². The second-order valence-corrected chi connectivity index (χ2v) is 5.92. The number of halogens is 1. The predicted molar refractivity (Wildman–Crippen MR) is 87.1 cm³/mol. The summed E-state index contributed by atoms with van der Waals surface area (Å²) in [6.07, 6.45) is 6.53. The molecule has 2 amide bonds. The fourth-order valence-corrected chi connectivity index (χ4v) is 3.02. The van der Waals surface area contributed by atoms with Crippen molar-refractivity contribution in [2.24, 2.45) is 0 Å². The lowest BCUT2D eigenvalue weighted by Gasteiger charge is -2.34. The maximum atomic E-state index is 12.7. The Hall–Kier alpha value is -2.01. The molecule has 1 atom stereocenters. The van der Waals surface area contributed by atoms with E-state index in [-0.39, 0.29) is 12.1 Å². The lowest BCUT2D eigenvalue weighted by molar-refractivity contribution is 0.160. The summed E-state index contributed by atoms with van der Waals surface area (Å²) in [5, 5.41) is 3.51. The van der Waals surface area contributed by atoms with Gasteiger partial charge in [0.25, 0.3) is 0 Å². The van der Waals surface area contributed by atoms with Gasteiger partial charge in [0.15, 0.2) is 0 Å². The topological polar surface area (TPSA) is 61.0 Å². The van der Waals surface area contributed by atoms with Crippen LogP contribution in [-0.4, -0.2) is 27.4 Å². The van der Waals surface area contributed by atoms with E-state index in [9.17, 15) is 4.79 Å². The van der Waals surface area contributed by atoms with Gasteiger partial charge in [-0.05, 0) is 37.8 Å². The lowest BCUT2D eigenvalue weighted by atomic mass is 10.0. The Balaban J connectivity index is 1.79. The Morgan fingerprint density at radius 2 is 2.32 bits per heavy atom. The molecule has 1 saturated heterocycles. The van der Waals surface area contributed by atoms with Gasteiger partial charge in [-0.25, -0.2) is 9.78 Å². The number of hydrogen-bond donors (Lipinski definition) is 2. The van der Waals surface area contributed by atoms with Gasteiger partial charge in [-0.3, -0.25) is 0 Å². The molecule has 0 aliphatic carbocycles. The average molecular weight is 319 g/mol. The van der Waals surface area contributed by atoms with Crippen LogP contribution < -0.4 is 5.32 Å².